The summed E-state index contributed by atoms with van der Waals surface area (Å²) in [7, 11) is 1.52. The maximum absolute atomic E-state index is 12.6. The first-order valence-electron chi connectivity index (χ1n) is 7.89. The average molecular weight is 328 g/mol. The number of methoxy groups -OCH3 is 1. The number of hydrogen-bond acceptors (Lipinski definition) is 6. The molecule has 3 heterocycles. The summed E-state index contributed by atoms with van der Waals surface area (Å²) in [6.07, 6.45) is 2.51. The highest BCUT2D eigenvalue weighted by atomic mass is 16.5. The predicted octanol–water partition coefficient (Wildman–Crippen LogP) is 1.73. The number of nitrogens with zero attached hydrogens (tertiary/aromatic N) is 4. The SMILES string of the molecule is COc1ncccc1C(=O)N1CCC(COc2ccc(C)nn2)C1. The zero-order valence-corrected chi connectivity index (χ0v) is 13.8. The van der Waals surface area contributed by atoms with Crippen LogP contribution in [0.2, 0.25) is 0 Å². The van der Waals surface area contributed by atoms with E-state index in [-0.39, 0.29) is 11.8 Å². The number of aromatic nitrogens is 3. The summed E-state index contributed by atoms with van der Waals surface area (Å²) in [6, 6.07) is 7.14. The summed E-state index contributed by atoms with van der Waals surface area (Å²) >= 11 is 0. The molecule has 3 rings (SSSR count). The minimum atomic E-state index is -0.0578. The maximum Gasteiger partial charge on any atom is 0.259 e. The predicted molar refractivity (Wildman–Crippen MR) is 87.1 cm³/mol. The molecule has 2 aromatic heterocycles. The molecule has 1 fully saturated rings. The van der Waals surface area contributed by atoms with Gasteiger partial charge in [-0.2, -0.15) is 5.10 Å². The Balaban J connectivity index is 1.57. The van der Waals surface area contributed by atoms with Gasteiger partial charge in [0.1, 0.15) is 5.56 Å². The number of carbonyl (C=O) groups is 1. The molecule has 1 saturated heterocycles. The van der Waals surface area contributed by atoms with Crippen LogP contribution in [0.5, 0.6) is 11.8 Å². The standard InChI is InChI=1S/C17H20N4O3/c1-12-5-6-15(20-19-12)24-11-13-7-9-21(10-13)17(22)14-4-3-8-18-16(14)23-2/h3-6,8,13H,7,9-11H2,1-2H3. The van der Waals surface area contributed by atoms with E-state index < -0.39 is 0 Å². The number of rotatable bonds is 5. The Bertz CT molecular complexity index is 705. The van der Waals surface area contributed by atoms with Gasteiger partial charge in [-0.15, -0.1) is 5.10 Å². The first kappa shape index (κ1) is 16.2. The van der Waals surface area contributed by atoms with Crippen molar-refractivity contribution in [2.75, 3.05) is 26.8 Å². The van der Waals surface area contributed by atoms with E-state index in [0.29, 0.717) is 37.0 Å². The lowest BCUT2D eigenvalue weighted by atomic mass is 10.1. The molecule has 7 heteroatoms. The molecule has 0 spiro atoms. The lowest BCUT2D eigenvalue weighted by molar-refractivity contribution is 0.0778. The van der Waals surface area contributed by atoms with E-state index in [0.717, 1.165) is 12.1 Å². The molecule has 2 aromatic rings. The third kappa shape index (κ3) is 3.61. The number of hydrogen-bond donors (Lipinski definition) is 0. The van der Waals surface area contributed by atoms with Crippen LogP contribution in [0, 0.1) is 12.8 Å². The topological polar surface area (TPSA) is 77.4 Å². The van der Waals surface area contributed by atoms with E-state index in [4.69, 9.17) is 9.47 Å². The minimum absolute atomic E-state index is 0.0578. The van der Waals surface area contributed by atoms with Crippen molar-refractivity contribution in [3.8, 4) is 11.8 Å². The van der Waals surface area contributed by atoms with Crippen molar-refractivity contribution in [1.29, 1.82) is 0 Å². The average Bonchev–Trinajstić information content (AvgIpc) is 3.09. The van der Waals surface area contributed by atoms with Crippen molar-refractivity contribution < 1.29 is 14.3 Å². The van der Waals surface area contributed by atoms with Crippen LogP contribution in [-0.4, -0.2) is 52.8 Å². The van der Waals surface area contributed by atoms with E-state index in [9.17, 15) is 4.79 Å². The smallest absolute Gasteiger partial charge is 0.259 e. The van der Waals surface area contributed by atoms with Crippen LogP contribution in [0.3, 0.4) is 0 Å². The van der Waals surface area contributed by atoms with Crippen molar-refractivity contribution in [2.45, 2.75) is 13.3 Å². The van der Waals surface area contributed by atoms with Crippen molar-refractivity contribution in [3.63, 3.8) is 0 Å². The first-order chi connectivity index (χ1) is 11.7. The molecule has 24 heavy (non-hydrogen) atoms. The fourth-order valence-electron chi connectivity index (χ4n) is 2.71. The molecule has 0 bridgehead atoms. The van der Waals surface area contributed by atoms with Gasteiger partial charge in [-0.25, -0.2) is 4.98 Å². The molecule has 0 aliphatic carbocycles. The normalized spacial score (nSPS) is 16.9. The van der Waals surface area contributed by atoms with Gasteiger partial charge < -0.3 is 14.4 Å². The minimum Gasteiger partial charge on any atom is -0.480 e. The number of pyridine rings is 1. The van der Waals surface area contributed by atoms with Crippen LogP contribution >= 0.6 is 0 Å². The zero-order valence-electron chi connectivity index (χ0n) is 13.8. The van der Waals surface area contributed by atoms with Gasteiger partial charge in [-0.3, -0.25) is 4.79 Å². The number of carbonyl (C=O) groups excluding carboxylic acids is 1. The summed E-state index contributed by atoms with van der Waals surface area (Å²) in [5.74, 6) is 1.09. The largest absolute Gasteiger partial charge is 0.480 e. The van der Waals surface area contributed by atoms with Crippen molar-refractivity contribution >= 4 is 5.91 Å². The Hall–Kier alpha value is -2.70. The van der Waals surface area contributed by atoms with Crippen LogP contribution in [0.4, 0.5) is 0 Å². The molecule has 0 radical (unpaired) electrons. The zero-order chi connectivity index (χ0) is 16.9. The molecule has 0 saturated carbocycles. The van der Waals surface area contributed by atoms with Crippen molar-refractivity contribution in [2.24, 2.45) is 5.92 Å². The molecule has 0 aromatic carbocycles. The quantitative estimate of drug-likeness (QED) is 0.832. The Morgan fingerprint density at radius 2 is 2.21 bits per heavy atom. The summed E-state index contributed by atoms with van der Waals surface area (Å²) in [4.78, 5) is 18.5. The highest BCUT2D eigenvalue weighted by molar-refractivity contribution is 5.96. The second kappa shape index (κ2) is 7.25. The Kier molecular flexibility index (Phi) is 4.88. The number of aryl methyl sites for hydroxylation is 1. The van der Waals surface area contributed by atoms with Gasteiger partial charge in [0, 0.05) is 31.3 Å². The third-order valence-corrected chi connectivity index (χ3v) is 4.01. The Labute approximate surface area is 140 Å². The summed E-state index contributed by atoms with van der Waals surface area (Å²) < 4.78 is 10.8. The molecule has 7 nitrogen and oxygen atoms in total. The highest BCUT2D eigenvalue weighted by Crippen LogP contribution is 2.23. The number of ether oxygens (including phenoxy) is 2. The van der Waals surface area contributed by atoms with Gasteiger partial charge in [-0.1, -0.05) is 0 Å². The number of likely N-dealkylation sites (tertiary alicyclic amines) is 1. The molecular formula is C17H20N4O3. The van der Waals surface area contributed by atoms with Crippen molar-refractivity contribution in [1.82, 2.24) is 20.1 Å². The molecule has 1 unspecified atom stereocenters. The van der Waals surface area contributed by atoms with E-state index in [1.165, 1.54) is 7.11 Å². The van der Waals surface area contributed by atoms with Gasteiger partial charge >= 0.3 is 0 Å². The van der Waals surface area contributed by atoms with Crippen LogP contribution in [-0.2, 0) is 0 Å². The highest BCUT2D eigenvalue weighted by Gasteiger charge is 2.29. The second-order valence-electron chi connectivity index (χ2n) is 5.79. The van der Waals surface area contributed by atoms with E-state index in [1.807, 2.05) is 17.9 Å². The summed E-state index contributed by atoms with van der Waals surface area (Å²) in [5, 5.41) is 7.95. The van der Waals surface area contributed by atoms with Crippen LogP contribution in [0.25, 0.3) is 0 Å². The molecule has 1 aliphatic heterocycles. The van der Waals surface area contributed by atoms with Gasteiger partial charge in [0.2, 0.25) is 11.8 Å². The second-order valence-corrected chi connectivity index (χ2v) is 5.79. The molecule has 0 N–H and O–H groups in total. The van der Waals surface area contributed by atoms with Gasteiger partial charge in [0.05, 0.1) is 19.4 Å². The summed E-state index contributed by atoms with van der Waals surface area (Å²) in [6.45, 7) is 3.75. The van der Waals surface area contributed by atoms with Crippen LogP contribution in [0.15, 0.2) is 30.5 Å². The van der Waals surface area contributed by atoms with Gasteiger partial charge in [-0.05, 0) is 31.5 Å². The molecule has 1 amide bonds. The molecule has 1 atom stereocenters. The van der Waals surface area contributed by atoms with Crippen molar-refractivity contribution in [3.05, 3.63) is 41.7 Å². The third-order valence-electron chi connectivity index (χ3n) is 4.01. The molecular weight excluding hydrogens is 308 g/mol. The fourth-order valence-corrected chi connectivity index (χ4v) is 2.71. The van der Waals surface area contributed by atoms with E-state index >= 15 is 0 Å². The van der Waals surface area contributed by atoms with Crippen LogP contribution in [0.1, 0.15) is 22.5 Å². The summed E-state index contributed by atoms with van der Waals surface area (Å²) in [5.41, 5.74) is 1.34. The van der Waals surface area contributed by atoms with E-state index in [2.05, 4.69) is 15.2 Å². The number of amides is 1. The Morgan fingerprint density at radius 3 is 2.96 bits per heavy atom. The fraction of sp³-hybridized carbons (Fsp3) is 0.412. The molecule has 1 aliphatic rings. The molecule has 126 valence electrons. The maximum atomic E-state index is 12.6. The first-order valence-corrected chi connectivity index (χ1v) is 7.89. The van der Waals surface area contributed by atoms with Gasteiger partial charge in [0.25, 0.3) is 5.91 Å². The van der Waals surface area contributed by atoms with Crippen LogP contribution < -0.4 is 9.47 Å². The Morgan fingerprint density at radius 1 is 1.33 bits per heavy atom. The van der Waals surface area contributed by atoms with Gasteiger partial charge in [0.15, 0.2) is 0 Å². The lowest BCUT2D eigenvalue weighted by Crippen LogP contribution is -2.30. The van der Waals surface area contributed by atoms with E-state index in [1.54, 1.807) is 24.4 Å². The lowest BCUT2D eigenvalue weighted by Gasteiger charge is -2.17. The monoisotopic (exact) mass is 328 g/mol.